The van der Waals surface area contributed by atoms with Crippen LogP contribution in [-0.2, 0) is 17.7 Å². The predicted octanol–water partition coefficient (Wildman–Crippen LogP) is 4.59. The average Bonchev–Trinajstić information content (AvgIpc) is 3.37. The van der Waals surface area contributed by atoms with Crippen LogP contribution in [0.1, 0.15) is 17.2 Å². The summed E-state index contributed by atoms with van der Waals surface area (Å²) >= 11 is 6.27. The van der Waals surface area contributed by atoms with Crippen molar-refractivity contribution in [1.82, 2.24) is 10.1 Å². The lowest BCUT2D eigenvalue weighted by Gasteiger charge is -2.14. The third-order valence-electron chi connectivity index (χ3n) is 5.08. The number of hydrogen-bond acceptors (Lipinski definition) is 5. The first kappa shape index (κ1) is 18.3. The normalized spacial score (nSPS) is 20.4. The molecule has 2 aromatic heterocycles. The Morgan fingerprint density at radius 2 is 2.04 bits per heavy atom. The lowest BCUT2D eigenvalue weighted by atomic mass is 10.0. The molecule has 1 fully saturated rings. The first-order chi connectivity index (χ1) is 13.1. The fourth-order valence-corrected chi connectivity index (χ4v) is 4.01. The van der Waals surface area contributed by atoms with Crippen molar-refractivity contribution in [3.8, 4) is 11.3 Å². The molecule has 5 nitrogen and oxygen atoms in total. The highest BCUT2D eigenvalue weighted by Gasteiger charge is 2.34. The monoisotopic (exact) mass is 386 g/mol. The van der Waals surface area contributed by atoms with Crippen LogP contribution in [0.4, 0.5) is 0 Å². The van der Waals surface area contributed by atoms with Crippen LogP contribution in [0.5, 0.6) is 0 Å². The standard InChI is InChI=1S/C21H23ClN2O3/c1-14-9-17(27-23-14)10-15-11-24(13-21(15)25-2)12-16-7-8-20(26-16)18-5-3-4-6-19(18)22/h3-9,15,21H,10-13H2,1-2H3/t15-,21+/m1/s1. The van der Waals surface area contributed by atoms with Gasteiger partial charge in [0.25, 0.3) is 0 Å². The zero-order valence-corrected chi connectivity index (χ0v) is 16.3. The number of rotatable bonds is 6. The van der Waals surface area contributed by atoms with Gasteiger partial charge in [0.15, 0.2) is 0 Å². The second-order valence-corrected chi connectivity index (χ2v) is 7.52. The lowest BCUT2D eigenvalue weighted by Crippen LogP contribution is -2.23. The van der Waals surface area contributed by atoms with E-state index in [0.717, 1.165) is 54.6 Å². The minimum absolute atomic E-state index is 0.174. The summed E-state index contributed by atoms with van der Waals surface area (Å²) in [6, 6.07) is 13.7. The molecule has 3 heterocycles. The van der Waals surface area contributed by atoms with Crippen LogP contribution in [0.15, 0.2) is 51.4 Å². The minimum atomic E-state index is 0.174. The SMILES string of the molecule is CO[C@H]1CN(Cc2ccc(-c3ccccc3Cl)o2)C[C@H]1Cc1cc(C)no1. The van der Waals surface area contributed by atoms with Gasteiger partial charge in [-0.15, -0.1) is 0 Å². The molecular weight excluding hydrogens is 364 g/mol. The van der Waals surface area contributed by atoms with Crippen molar-refractivity contribution in [2.75, 3.05) is 20.2 Å². The smallest absolute Gasteiger partial charge is 0.137 e. The van der Waals surface area contributed by atoms with E-state index in [2.05, 4.69) is 10.1 Å². The van der Waals surface area contributed by atoms with Gasteiger partial charge < -0.3 is 13.7 Å². The van der Waals surface area contributed by atoms with Gasteiger partial charge >= 0.3 is 0 Å². The number of benzene rings is 1. The van der Waals surface area contributed by atoms with Crippen LogP contribution in [0.25, 0.3) is 11.3 Å². The average molecular weight is 387 g/mol. The van der Waals surface area contributed by atoms with Gasteiger partial charge in [-0.25, -0.2) is 0 Å². The molecule has 2 atom stereocenters. The third kappa shape index (κ3) is 4.10. The van der Waals surface area contributed by atoms with Gasteiger partial charge in [-0.1, -0.05) is 28.9 Å². The Morgan fingerprint density at radius 3 is 2.78 bits per heavy atom. The van der Waals surface area contributed by atoms with Gasteiger partial charge in [0.2, 0.25) is 0 Å². The maximum Gasteiger partial charge on any atom is 0.137 e. The number of furan rings is 1. The van der Waals surface area contributed by atoms with Crippen LogP contribution < -0.4 is 0 Å². The van der Waals surface area contributed by atoms with E-state index in [-0.39, 0.29) is 6.10 Å². The van der Waals surface area contributed by atoms with Crippen LogP contribution in [-0.4, -0.2) is 36.4 Å². The Hall–Kier alpha value is -2.08. The fourth-order valence-electron chi connectivity index (χ4n) is 3.78. The van der Waals surface area contributed by atoms with E-state index in [0.29, 0.717) is 10.9 Å². The molecule has 0 amide bonds. The van der Waals surface area contributed by atoms with Crippen molar-refractivity contribution in [1.29, 1.82) is 0 Å². The van der Waals surface area contributed by atoms with E-state index in [1.165, 1.54) is 0 Å². The van der Waals surface area contributed by atoms with E-state index in [9.17, 15) is 0 Å². The quantitative estimate of drug-likeness (QED) is 0.620. The van der Waals surface area contributed by atoms with Crippen LogP contribution in [0.3, 0.4) is 0 Å². The topological polar surface area (TPSA) is 51.6 Å². The van der Waals surface area contributed by atoms with E-state index in [1.54, 1.807) is 7.11 Å². The summed E-state index contributed by atoms with van der Waals surface area (Å²) in [7, 11) is 1.77. The molecule has 0 spiro atoms. The van der Waals surface area contributed by atoms with Gasteiger partial charge in [-0.3, -0.25) is 4.90 Å². The zero-order chi connectivity index (χ0) is 18.8. The van der Waals surface area contributed by atoms with Crippen LogP contribution in [0.2, 0.25) is 5.02 Å². The molecular formula is C21H23ClN2O3. The summed E-state index contributed by atoms with van der Waals surface area (Å²) in [6.45, 7) is 4.49. The number of hydrogen-bond donors (Lipinski definition) is 0. The molecule has 27 heavy (non-hydrogen) atoms. The Morgan fingerprint density at radius 1 is 1.19 bits per heavy atom. The summed E-state index contributed by atoms with van der Waals surface area (Å²) in [5.74, 6) is 3.02. The van der Waals surface area contributed by atoms with E-state index in [4.69, 9.17) is 25.3 Å². The summed E-state index contributed by atoms with van der Waals surface area (Å²) in [4.78, 5) is 2.36. The number of aromatic nitrogens is 1. The maximum atomic E-state index is 6.27. The van der Waals surface area contributed by atoms with Crippen LogP contribution in [0, 0.1) is 12.8 Å². The molecule has 0 saturated carbocycles. The number of halogens is 1. The van der Waals surface area contributed by atoms with E-state index in [1.807, 2.05) is 49.4 Å². The van der Waals surface area contributed by atoms with Gasteiger partial charge in [0.1, 0.15) is 17.3 Å². The van der Waals surface area contributed by atoms with Crippen molar-refractivity contribution in [3.63, 3.8) is 0 Å². The fraction of sp³-hybridized carbons (Fsp3) is 0.381. The highest BCUT2D eigenvalue weighted by molar-refractivity contribution is 6.33. The third-order valence-corrected chi connectivity index (χ3v) is 5.41. The molecule has 0 radical (unpaired) electrons. The molecule has 1 aliphatic rings. The largest absolute Gasteiger partial charge is 0.460 e. The molecule has 1 aromatic carbocycles. The van der Waals surface area contributed by atoms with E-state index < -0.39 is 0 Å². The molecule has 4 rings (SSSR count). The number of likely N-dealkylation sites (tertiary alicyclic amines) is 1. The minimum Gasteiger partial charge on any atom is -0.460 e. The highest BCUT2D eigenvalue weighted by Crippen LogP contribution is 2.30. The second kappa shape index (κ2) is 7.89. The molecule has 1 aliphatic heterocycles. The number of aryl methyl sites for hydroxylation is 1. The van der Waals surface area contributed by atoms with Crippen molar-refractivity contribution in [3.05, 3.63) is 64.7 Å². The summed E-state index contributed by atoms with van der Waals surface area (Å²) in [6.07, 6.45) is 1.01. The molecule has 1 saturated heterocycles. The zero-order valence-electron chi connectivity index (χ0n) is 15.5. The van der Waals surface area contributed by atoms with Gasteiger partial charge in [0.05, 0.1) is 23.4 Å². The Kier molecular flexibility index (Phi) is 5.34. The molecule has 0 N–H and O–H groups in total. The number of ether oxygens (including phenoxy) is 1. The van der Waals surface area contributed by atoms with Crippen molar-refractivity contribution >= 4 is 11.6 Å². The molecule has 0 bridgehead atoms. The first-order valence-electron chi connectivity index (χ1n) is 9.13. The molecule has 6 heteroatoms. The van der Waals surface area contributed by atoms with Crippen molar-refractivity contribution in [2.45, 2.75) is 26.0 Å². The van der Waals surface area contributed by atoms with Crippen molar-refractivity contribution < 1.29 is 13.7 Å². The Balaban J connectivity index is 1.42. The van der Waals surface area contributed by atoms with Crippen LogP contribution >= 0.6 is 11.6 Å². The molecule has 3 aromatic rings. The summed E-state index contributed by atoms with van der Waals surface area (Å²) < 4.78 is 17.1. The second-order valence-electron chi connectivity index (χ2n) is 7.11. The summed E-state index contributed by atoms with van der Waals surface area (Å²) in [5.41, 5.74) is 1.83. The predicted molar refractivity (Wildman–Crippen MR) is 104 cm³/mol. The number of methoxy groups -OCH3 is 1. The van der Waals surface area contributed by atoms with E-state index >= 15 is 0 Å². The molecule has 0 aliphatic carbocycles. The highest BCUT2D eigenvalue weighted by atomic mass is 35.5. The Labute approximate surface area is 163 Å². The summed E-state index contributed by atoms with van der Waals surface area (Å²) in [5, 5.41) is 4.68. The molecule has 0 unspecified atom stereocenters. The number of nitrogens with zero attached hydrogens (tertiary/aromatic N) is 2. The lowest BCUT2D eigenvalue weighted by molar-refractivity contribution is 0.0758. The van der Waals surface area contributed by atoms with Gasteiger partial charge in [-0.05, 0) is 31.2 Å². The maximum absolute atomic E-state index is 6.27. The van der Waals surface area contributed by atoms with Gasteiger partial charge in [0, 0.05) is 44.2 Å². The van der Waals surface area contributed by atoms with Crippen molar-refractivity contribution in [2.24, 2.45) is 5.92 Å². The first-order valence-corrected chi connectivity index (χ1v) is 9.51. The van der Waals surface area contributed by atoms with Gasteiger partial charge in [-0.2, -0.15) is 0 Å². The molecule has 142 valence electrons. The Bertz CT molecular complexity index is 904.